The summed E-state index contributed by atoms with van der Waals surface area (Å²) < 4.78 is 26.2. The average Bonchev–Trinajstić information content (AvgIpc) is 3.03. The molecular weight excluding hydrogens is 342 g/mol. The average molecular weight is 361 g/mol. The molecule has 2 heterocycles. The smallest absolute Gasteiger partial charge is 0.299 e. The number of nitrogens with two attached hydrogens (primary N) is 1. The monoisotopic (exact) mass is 361 g/mol. The second kappa shape index (κ2) is 5.57. The zero-order valence-corrected chi connectivity index (χ0v) is 14.5. The number of hydrogen-bond acceptors (Lipinski definition) is 4. The molecule has 1 fully saturated rings. The number of rotatable bonds is 4. The molecule has 1 aromatic heterocycles. The maximum atomic E-state index is 12.4. The molecule has 1 aliphatic heterocycles. The number of hydrogen-bond donors (Lipinski definition) is 2. The van der Waals surface area contributed by atoms with E-state index in [9.17, 15) is 13.2 Å². The molecule has 1 amide bonds. The van der Waals surface area contributed by atoms with Crippen LogP contribution in [0.4, 0.5) is 11.4 Å². The van der Waals surface area contributed by atoms with Crippen LogP contribution in [0, 0.1) is 5.92 Å². The number of anilines is 2. The van der Waals surface area contributed by atoms with Crippen LogP contribution in [0.3, 0.4) is 0 Å². The number of aryl methyl sites for hydroxylation is 1. The minimum Gasteiger partial charge on any atom is -0.326 e. The SMILES string of the molecule is Cn1cc([C@H]2C[C@@H]2C(=O)Nc2ccc3c(c2)N(S(N)(=O)=O)CC3)cn1. The van der Waals surface area contributed by atoms with Gasteiger partial charge in [0.25, 0.3) is 10.2 Å². The Morgan fingerprint density at radius 1 is 1.40 bits per heavy atom. The Bertz CT molecular complexity index is 952. The molecule has 132 valence electrons. The van der Waals surface area contributed by atoms with E-state index in [2.05, 4.69) is 10.4 Å². The highest BCUT2D eigenvalue weighted by Crippen LogP contribution is 2.48. The summed E-state index contributed by atoms with van der Waals surface area (Å²) in [7, 11) is -1.95. The molecule has 0 radical (unpaired) electrons. The lowest BCUT2D eigenvalue weighted by molar-refractivity contribution is -0.117. The number of nitrogens with one attached hydrogen (secondary N) is 1. The first-order valence-corrected chi connectivity index (χ1v) is 9.56. The van der Waals surface area contributed by atoms with Crippen molar-refractivity contribution in [2.45, 2.75) is 18.8 Å². The Hall–Kier alpha value is -2.39. The fourth-order valence-corrected chi connectivity index (χ4v) is 4.20. The van der Waals surface area contributed by atoms with Gasteiger partial charge in [-0.15, -0.1) is 0 Å². The highest BCUT2D eigenvalue weighted by atomic mass is 32.2. The van der Waals surface area contributed by atoms with Crippen molar-refractivity contribution in [3.05, 3.63) is 41.7 Å². The van der Waals surface area contributed by atoms with Gasteiger partial charge in [-0.1, -0.05) is 6.07 Å². The molecule has 1 aromatic carbocycles. The Morgan fingerprint density at radius 2 is 2.20 bits per heavy atom. The van der Waals surface area contributed by atoms with E-state index in [-0.39, 0.29) is 17.7 Å². The van der Waals surface area contributed by atoms with Crippen LogP contribution in [0.15, 0.2) is 30.6 Å². The van der Waals surface area contributed by atoms with E-state index >= 15 is 0 Å². The van der Waals surface area contributed by atoms with Crippen molar-refractivity contribution in [1.29, 1.82) is 0 Å². The lowest BCUT2D eigenvalue weighted by atomic mass is 10.1. The van der Waals surface area contributed by atoms with Gasteiger partial charge < -0.3 is 5.32 Å². The third-order valence-corrected chi connectivity index (χ3v) is 5.79. The second-order valence-corrected chi connectivity index (χ2v) is 8.07. The third kappa shape index (κ3) is 3.00. The fourth-order valence-electron chi connectivity index (χ4n) is 3.41. The minimum absolute atomic E-state index is 0.0612. The van der Waals surface area contributed by atoms with E-state index < -0.39 is 10.2 Å². The Morgan fingerprint density at radius 3 is 2.88 bits per heavy atom. The summed E-state index contributed by atoms with van der Waals surface area (Å²) in [4.78, 5) is 12.4. The van der Waals surface area contributed by atoms with Crippen LogP contribution in [0.1, 0.15) is 23.5 Å². The molecule has 1 aliphatic carbocycles. The van der Waals surface area contributed by atoms with Crippen molar-refractivity contribution in [1.82, 2.24) is 9.78 Å². The molecule has 0 saturated heterocycles. The largest absolute Gasteiger partial charge is 0.326 e. The van der Waals surface area contributed by atoms with Gasteiger partial charge in [0, 0.05) is 31.4 Å². The molecule has 3 N–H and O–H groups in total. The first-order valence-electron chi connectivity index (χ1n) is 8.06. The molecule has 2 aromatic rings. The first-order chi connectivity index (χ1) is 11.8. The first kappa shape index (κ1) is 16.1. The molecule has 0 unspecified atom stereocenters. The van der Waals surface area contributed by atoms with Crippen molar-refractivity contribution >= 4 is 27.5 Å². The molecule has 25 heavy (non-hydrogen) atoms. The van der Waals surface area contributed by atoms with Gasteiger partial charge in [0.1, 0.15) is 0 Å². The van der Waals surface area contributed by atoms with Gasteiger partial charge in [-0.25, -0.2) is 5.14 Å². The van der Waals surface area contributed by atoms with Gasteiger partial charge in [0.15, 0.2) is 0 Å². The van der Waals surface area contributed by atoms with Gasteiger partial charge in [-0.05, 0) is 42.0 Å². The van der Waals surface area contributed by atoms with Crippen LogP contribution < -0.4 is 14.8 Å². The fraction of sp³-hybridized carbons (Fsp3) is 0.375. The van der Waals surface area contributed by atoms with Crippen molar-refractivity contribution in [2.24, 2.45) is 18.1 Å². The molecular formula is C16H19N5O3S. The van der Waals surface area contributed by atoms with Crippen molar-refractivity contribution < 1.29 is 13.2 Å². The van der Waals surface area contributed by atoms with Crippen LogP contribution in [0.25, 0.3) is 0 Å². The van der Waals surface area contributed by atoms with Crippen molar-refractivity contribution in [3.63, 3.8) is 0 Å². The van der Waals surface area contributed by atoms with Gasteiger partial charge in [-0.2, -0.15) is 13.5 Å². The lowest BCUT2D eigenvalue weighted by Gasteiger charge is -2.16. The van der Waals surface area contributed by atoms with Crippen molar-refractivity contribution in [2.75, 3.05) is 16.2 Å². The number of fused-ring (bicyclic) bond motifs is 1. The minimum atomic E-state index is -3.80. The maximum Gasteiger partial charge on any atom is 0.299 e. The van der Waals surface area contributed by atoms with Gasteiger partial charge in [0.2, 0.25) is 5.91 Å². The zero-order valence-electron chi connectivity index (χ0n) is 13.7. The summed E-state index contributed by atoms with van der Waals surface area (Å²) in [5, 5.41) is 12.3. The highest BCUT2D eigenvalue weighted by Gasteiger charge is 2.44. The van der Waals surface area contributed by atoms with Crippen LogP contribution in [0.2, 0.25) is 0 Å². The van der Waals surface area contributed by atoms with E-state index in [1.165, 1.54) is 4.31 Å². The molecule has 0 spiro atoms. The highest BCUT2D eigenvalue weighted by molar-refractivity contribution is 7.90. The number of benzene rings is 1. The predicted molar refractivity (Wildman–Crippen MR) is 93.3 cm³/mol. The summed E-state index contributed by atoms with van der Waals surface area (Å²) in [6, 6.07) is 5.30. The normalized spacial score (nSPS) is 21.9. The second-order valence-electron chi connectivity index (χ2n) is 6.60. The molecule has 0 bridgehead atoms. The number of carbonyl (C=O) groups excluding carboxylic acids is 1. The number of amides is 1. The number of aromatic nitrogens is 2. The van der Waals surface area contributed by atoms with Crippen LogP contribution in [-0.4, -0.2) is 30.7 Å². The third-order valence-electron chi connectivity index (χ3n) is 4.79. The molecule has 9 heteroatoms. The summed E-state index contributed by atoms with van der Waals surface area (Å²) in [5.74, 6) is 0.0600. The quantitative estimate of drug-likeness (QED) is 0.836. The van der Waals surface area contributed by atoms with E-state index in [1.807, 2.05) is 19.3 Å². The van der Waals surface area contributed by atoms with E-state index in [0.29, 0.717) is 24.3 Å². The Kier molecular flexibility index (Phi) is 3.58. The lowest BCUT2D eigenvalue weighted by Crippen LogP contribution is -2.35. The van der Waals surface area contributed by atoms with Crippen LogP contribution >= 0.6 is 0 Å². The van der Waals surface area contributed by atoms with Crippen LogP contribution in [-0.2, 0) is 28.5 Å². The molecule has 8 nitrogen and oxygen atoms in total. The topological polar surface area (TPSA) is 110 Å². The summed E-state index contributed by atoms with van der Waals surface area (Å²) >= 11 is 0. The van der Waals surface area contributed by atoms with Gasteiger partial charge in [0.05, 0.1) is 11.9 Å². The van der Waals surface area contributed by atoms with E-state index in [1.54, 1.807) is 23.0 Å². The molecule has 4 rings (SSSR count). The molecule has 2 aliphatic rings. The van der Waals surface area contributed by atoms with E-state index in [0.717, 1.165) is 17.5 Å². The molecule has 1 saturated carbocycles. The summed E-state index contributed by atoms with van der Waals surface area (Å²) in [6.45, 7) is 0.331. The molecule has 2 atom stereocenters. The standard InChI is InChI=1S/C16H19N5O3S/c1-20-9-11(8-18-20)13-7-14(13)16(22)19-12-3-2-10-4-5-21(15(10)6-12)25(17,23)24/h2-3,6,8-9,13-14H,4-5,7H2,1H3,(H,19,22)(H2,17,23,24)/t13-,14+/m1/s1. The maximum absolute atomic E-state index is 12.4. The summed E-state index contributed by atoms with van der Waals surface area (Å²) in [6.07, 6.45) is 5.13. The number of carbonyl (C=O) groups is 1. The van der Waals surface area contributed by atoms with Crippen molar-refractivity contribution in [3.8, 4) is 0 Å². The van der Waals surface area contributed by atoms with Gasteiger partial charge in [-0.3, -0.25) is 13.8 Å². The van der Waals surface area contributed by atoms with Crippen LogP contribution in [0.5, 0.6) is 0 Å². The predicted octanol–water partition coefficient (Wildman–Crippen LogP) is 0.728. The zero-order chi connectivity index (χ0) is 17.8. The Labute approximate surface area is 145 Å². The van der Waals surface area contributed by atoms with E-state index in [4.69, 9.17) is 5.14 Å². The summed E-state index contributed by atoms with van der Waals surface area (Å²) in [5.41, 5.74) is 3.10. The van der Waals surface area contributed by atoms with Gasteiger partial charge >= 0.3 is 0 Å². The number of nitrogens with zero attached hydrogens (tertiary/aromatic N) is 3. The Balaban J connectivity index is 1.48.